The Morgan fingerprint density at radius 3 is 2.47 bits per heavy atom. The Hall–Kier alpha value is -0.620. The molecule has 0 radical (unpaired) electrons. The van der Waals surface area contributed by atoms with Crippen molar-refractivity contribution in [2.75, 3.05) is 37.7 Å². The van der Waals surface area contributed by atoms with E-state index in [1.54, 1.807) is 11.8 Å². The van der Waals surface area contributed by atoms with Crippen LogP contribution in [0.4, 0.5) is 0 Å². The van der Waals surface area contributed by atoms with Gasteiger partial charge in [-0.15, -0.1) is 0 Å². The van der Waals surface area contributed by atoms with Crippen molar-refractivity contribution in [3.63, 3.8) is 0 Å². The van der Waals surface area contributed by atoms with E-state index in [-0.39, 0.29) is 23.8 Å². The largest absolute Gasteiger partial charge is 0.340 e. The van der Waals surface area contributed by atoms with Gasteiger partial charge in [0.1, 0.15) is 0 Å². The molecule has 5 nitrogen and oxygen atoms in total. The van der Waals surface area contributed by atoms with E-state index in [0.29, 0.717) is 13.1 Å². The number of hydrogen-bond acceptors (Lipinski definition) is 4. The molecule has 1 fully saturated rings. The van der Waals surface area contributed by atoms with Crippen molar-refractivity contribution in [1.82, 2.24) is 10.2 Å². The van der Waals surface area contributed by atoms with Crippen LogP contribution in [0.5, 0.6) is 0 Å². The molecule has 0 aromatic heterocycles. The van der Waals surface area contributed by atoms with E-state index >= 15 is 0 Å². The number of sulfone groups is 1. The number of nitrogens with zero attached hydrogens (tertiary/aromatic N) is 1. The number of rotatable bonds is 4. The van der Waals surface area contributed by atoms with Gasteiger partial charge < -0.3 is 10.2 Å². The summed E-state index contributed by atoms with van der Waals surface area (Å²) < 4.78 is 22.4. The van der Waals surface area contributed by atoms with Crippen LogP contribution in [-0.4, -0.2) is 56.9 Å². The fourth-order valence-electron chi connectivity index (χ4n) is 1.46. The van der Waals surface area contributed by atoms with Crippen molar-refractivity contribution < 1.29 is 13.2 Å². The van der Waals surface area contributed by atoms with Crippen LogP contribution in [0.15, 0.2) is 0 Å². The van der Waals surface area contributed by atoms with Crippen LogP contribution in [0.1, 0.15) is 13.3 Å². The fourth-order valence-corrected chi connectivity index (χ4v) is 2.23. The molecule has 1 rings (SSSR count). The van der Waals surface area contributed by atoms with Crippen LogP contribution in [0.2, 0.25) is 0 Å². The Balaban J connectivity index is 2.35. The van der Waals surface area contributed by atoms with E-state index in [2.05, 4.69) is 5.32 Å². The third kappa shape index (κ3) is 4.17. The second-order valence-corrected chi connectivity index (χ2v) is 6.09. The van der Waals surface area contributed by atoms with Crippen molar-refractivity contribution >= 4 is 15.7 Å². The van der Waals surface area contributed by atoms with Crippen LogP contribution >= 0.6 is 0 Å². The van der Waals surface area contributed by atoms with E-state index in [1.807, 2.05) is 0 Å². The first-order chi connectivity index (χ1) is 7.05. The molecule has 0 aromatic rings. The van der Waals surface area contributed by atoms with Crippen LogP contribution in [-0.2, 0) is 14.6 Å². The van der Waals surface area contributed by atoms with Gasteiger partial charge in [0.25, 0.3) is 0 Å². The zero-order valence-corrected chi connectivity index (χ0v) is 9.85. The molecule has 0 bridgehead atoms. The smallest absolute Gasteiger partial charge is 0.223 e. The average molecular weight is 234 g/mol. The minimum Gasteiger partial charge on any atom is -0.340 e. The zero-order valence-electron chi connectivity index (χ0n) is 9.03. The normalized spacial score (nSPS) is 17.8. The molecule has 1 heterocycles. The molecule has 1 amide bonds. The lowest BCUT2D eigenvalue weighted by molar-refractivity contribution is -0.131. The van der Waals surface area contributed by atoms with Crippen molar-refractivity contribution in [2.45, 2.75) is 13.3 Å². The maximum Gasteiger partial charge on any atom is 0.223 e. The number of carbonyl (C=O) groups is 1. The van der Waals surface area contributed by atoms with E-state index in [0.717, 1.165) is 13.1 Å². The molecular weight excluding hydrogens is 216 g/mol. The highest BCUT2D eigenvalue weighted by molar-refractivity contribution is 7.91. The summed E-state index contributed by atoms with van der Waals surface area (Å²) >= 11 is 0. The summed E-state index contributed by atoms with van der Waals surface area (Å²) in [5.74, 6) is 0.0437. The summed E-state index contributed by atoms with van der Waals surface area (Å²) in [6.07, 6.45) is 0.121. The Labute approximate surface area is 90.7 Å². The van der Waals surface area contributed by atoms with Crippen molar-refractivity contribution in [3.8, 4) is 0 Å². The zero-order chi connectivity index (χ0) is 11.3. The first-order valence-electron chi connectivity index (χ1n) is 5.24. The molecule has 0 saturated carbocycles. The lowest BCUT2D eigenvalue weighted by atomic mass is 10.3. The van der Waals surface area contributed by atoms with E-state index in [4.69, 9.17) is 0 Å². The second kappa shape index (κ2) is 5.46. The summed E-state index contributed by atoms with van der Waals surface area (Å²) in [6, 6.07) is 0. The number of nitrogens with one attached hydrogen (secondary N) is 1. The minimum atomic E-state index is -3.02. The average Bonchev–Trinajstić information content (AvgIpc) is 2.27. The van der Waals surface area contributed by atoms with Gasteiger partial charge in [-0.25, -0.2) is 8.42 Å². The molecule has 0 unspecified atom stereocenters. The van der Waals surface area contributed by atoms with Crippen molar-refractivity contribution in [1.29, 1.82) is 0 Å². The van der Waals surface area contributed by atoms with Crippen LogP contribution in [0.25, 0.3) is 0 Å². The minimum absolute atomic E-state index is 0.0216. The predicted octanol–water partition coefficient (Wildman–Crippen LogP) is -0.757. The predicted molar refractivity (Wildman–Crippen MR) is 58.4 cm³/mol. The lowest BCUT2D eigenvalue weighted by Gasteiger charge is -2.27. The lowest BCUT2D eigenvalue weighted by Crippen LogP contribution is -2.46. The first kappa shape index (κ1) is 12.4. The number of piperazine rings is 1. The first-order valence-corrected chi connectivity index (χ1v) is 7.06. The highest BCUT2D eigenvalue weighted by Crippen LogP contribution is 2.00. The molecule has 15 heavy (non-hydrogen) atoms. The molecule has 0 atom stereocenters. The molecule has 1 aliphatic heterocycles. The van der Waals surface area contributed by atoms with E-state index < -0.39 is 9.84 Å². The highest BCUT2D eigenvalue weighted by atomic mass is 32.2. The molecule has 1 saturated heterocycles. The van der Waals surface area contributed by atoms with Gasteiger partial charge in [0.2, 0.25) is 5.91 Å². The Bertz CT molecular complexity index is 307. The molecule has 1 aliphatic rings. The van der Waals surface area contributed by atoms with Gasteiger partial charge in [-0.1, -0.05) is 6.92 Å². The van der Waals surface area contributed by atoms with E-state index in [1.165, 1.54) is 0 Å². The third-order valence-electron chi connectivity index (χ3n) is 2.54. The number of carbonyl (C=O) groups excluding carboxylic acids is 1. The van der Waals surface area contributed by atoms with E-state index in [9.17, 15) is 13.2 Å². The SMILES string of the molecule is CCS(=O)(=O)CCC(=O)N1CCNCC1. The maximum absolute atomic E-state index is 11.6. The molecule has 0 aromatic carbocycles. The standard InChI is InChI=1S/C9H18N2O3S/c1-2-15(13,14)8-3-9(12)11-6-4-10-5-7-11/h10H,2-8H2,1H3. The van der Waals surface area contributed by atoms with Gasteiger partial charge in [-0.3, -0.25) is 4.79 Å². The van der Waals surface area contributed by atoms with Crippen LogP contribution in [0, 0.1) is 0 Å². The second-order valence-electron chi connectivity index (χ2n) is 3.62. The van der Waals surface area contributed by atoms with Gasteiger partial charge in [-0.05, 0) is 0 Å². The molecule has 0 aliphatic carbocycles. The fraction of sp³-hybridized carbons (Fsp3) is 0.889. The quantitative estimate of drug-likeness (QED) is 0.694. The summed E-state index contributed by atoms with van der Waals surface area (Å²) in [5.41, 5.74) is 0. The van der Waals surface area contributed by atoms with Crippen LogP contribution < -0.4 is 5.32 Å². The summed E-state index contributed by atoms with van der Waals surface area (Å²) in [4.78, 5) is 13.3. The summed E-state index contributed by atoms with van der Waals surface area (Å²) in [7, 11) is -3.02. The number of hydrogen-bond donors (Lipinski definition) is 1. The molecule has 1 N–H and O–H groups in total. The van der Waals surface area contributed by atoms with Crippen LogP contribution in [0.3, 0.4) is 0 Å². The van der Waals surface area contributed by atoms with Crippen molar-refractivity contribution in [3.05, 3.63) is 0 Å². The Kier molecular flexibility index (Phi) is 4.53. The molecular formula is C9H18N2O3S. The molecule has 6 heteroatoms. The summed E-state index contributed by atoms with van der Waals surface area (Å²) in [6.45, 7) is 4.57. The van der Waals surface area contributed by atoms with Gasteiger partial charge >= 0.3 is 0 Å². The van der Waals surface area contributed by atoms with Gasteiger partial charge in [0.15, 0.2) is 9.84 Å². The summed E-state index contributed by atoms with van der Waals surface area (Å²) in [5, 5.41) is 3.14. The third-order valence-corrected chi connectivity index (χ3v) is 4.24. The van der Waals surface area contributed by atoms with Gasteiger partial charge in [-0.2, -0.15) is 0 Å². The van der Waals surface area contributed by atoms with Gasteiger partial charge in [0.05, 0.1) is 5.75 Å². The Morgan fingerprint density at radius 1 is 1.33 bits per heavy atom. The number of amides is 1. The van der Waals surface area contributed by atoms with Crippen molar-refractivity contribution in [2.24, 2.45) is 0 Å². The highest BCUT2D eigenvalue weighted by Gasteiger charge is 2.18. The van der Waals surface area contributed by atoms with Gasteiger partial charge in [0, 0.05) is 38.4 Å². The maximum atomic E-state index is 11.6. The molecule has 88 valence electrons. The monoisotopic (exact) mass is 234 g/mol. The molecule has 0 spiro atoms. The topological polar surface area (TPSA) is 66.5 Å². The Morgan fingerprint density at radius 2 is 1.93 bits per heavy atom.